The summed E-state index contributed by atoms with van der Waals surface area (Å²) in [5, 5.41) is 15.5. The van der Waals surface area contributed by atoms with Gasteiger partial charge in [-0.2, -0.15) is 0 Å². The van der Waals surface area contributed by atoms with Gasteiger partial charge in [-0.05, 0) is 36.4 Å². The van der Waals surface area contributed by atoms with E-state index in [1.54, 1.807) is 11.8 Å². The second-order valence-corrected chi connectivity index (χ2v) is 7.24. The molecule has 0 aliphatic carbocycles. The monoisotopic (exact) mass is 376 g/mol. The molecule has 0 aliphatic rings. The Balaban J connectivity index is 1.51. The Morgan fingerprint density at radius 1 is 1.04 bits per heavy atom. The van der Waals surface area contributed by atoms with E-state index in [1.807, 2.05) is 54.6 Å². The summed E-state index contributed by atoms with van der Waals surface area (Å²) < 4.78 is 0. The number of amides is 2. The van der Waals surface area contributed by atoms with Gasteiger partial charge < -0.3 is 5.32 Å². The van der Waals surface area contributed by atoms with Crippen molar-refractivity contribution in [2.75, 3.05) is 10.6 Å². The predicted octanol–water partition coefficient (Wildman–Crippen LogP) is 5.13. The van der Waals surface area contributed by atoms with Gasteiger partial charge in [-0.1, -0.05) is 41.1 Å². The third-order valence-corrected chi connectivity index (χ3v) is 5.19. The Morgan fingerprint density at radius 3 is 2.54 bits per heavy atom. The molecule has 0 spiro atoms. The zero-order valence-corrected chi connectivity index (χ0v) is 14.8. The van der Waals surface area contributed by atoms with Crippen LogP contribution in [0.15, 0.2) is 59.5 Å². The van der Waals surface area contributed by atoms with Crippen molar-refractivity contribution in [3.8, 4) is 0 Å². The molecule has 8 heteroatoms. The molecule has 2 N–H and O–H groups in total. The van der Waals surface area contributed by atoms with E-state index in [4.69, 9.17) is 11.6 Å². The number of anilines is 2. The molecular weight excluding hydrogens is 364 g/mol. The predicted molar refractivity (Wildman–Crippen MR) is 100 cm³/mol. The van der Waals surface area contributed by atoms with E-state index in [0.717, 1.165) is 15.6 Å². The lowest BCUT2D eigenvalue weighted by Crippen LogP contribution is -2.19. The third kappa shape index (κ3) is 4.95. The van der Waals surface area contributed by atoms with Crippen LogP contribution in [-0.4, -0.2) is 16.2 Å². The van der Waals surface area contributed by atoms with E-state index in [1.165, 1.54) is 11.3 Å². The summed E-state index contributed by atoms with van der Waals surface area (Å²) in [5.74, 6) is 0.682. The summed E-state index contributed by atoms with van der Waals surface area (Å²) >= 11 is 8.85. The molecule has 0 unspecified atom stereocenters. The number of hydrogen-bond acceptors (Lipinski definition) is 5. The Labute approximate surface area is 152 Å². The maximum Gasteiger partial charge on any atom is 0.325 e. The number of nitrogens with one attached hydrogen (secondary N) is 2. The van der Waals surface area contributed by atoms with Crippen molar-refractivity contribution in [1.82, 2.24) is 10.2 Å². The summed E-state index contributed by atoms with van der Waals surface area (Å²) in [6, 6.07) is 16.5. The molecule has 0 radical (unpaired) electrons. The molecule has 0 bridgehead atoms. The van der Waals surface area contributed by atoms with Crippen LogP contribution in [0.25, 0.3) is 0 Å². The van der Waals surface area contributed by atoms with Gasteiger partial charge in [0.2, 0.25) is 5.13 Å². The molecule has 0 saturated carbocycles. The Morgan fingerprint density at radius 2 is 1.79 bits per heavy atom. The second kappa shape index (κ2) is 8.14. The standard InChI is InChI=1S/C16H13ClN4OS2/c17-11-6-8-13(9-7-11)23-10-14-20-21-16(24-14)19-15(22)18-12-4-2-1-3-5-12/h1-9H,10H2,(H2,18,19,21,22). The van der Waals surface area contributed by atoms with Gasteiger partial charge in [-0.3, -0.25) is 5.32 Å². The van der Waals surface area contributed by atoms with Crippen molar-refractivity contribution in [1.29, 1.82) is 0 Å². The molecule has 2 amide bonds. The minimum atomic E-state index is -0.339. The highest BCUT2D eigenvalue weighted by Crippen LogP contribution is 2.26. The number of aromatic nitrogens is 2. The minimum Gasteiger partial charge on any atom is -0.308 e. The molecule has 122 valence electrons. The van der Waals surface area contributed by atoms with Crippen LogP contribution in [0.5, 0.6) is 0 Å². The minimum absolute atomic E-state index is 0.339. The maximum atomic E-state index is 11.9. The van der Waals surface area contributed by atoms with E-state index >= 15 is 0 Å². The normalized spacial score (nSPS) is 10.4. The summed E-state index contributed by atoms with van der Waals surface area (Å²) in [5.41, 5.74) is 0.720. The molecule has 3 rings (SSSR count). The average molecular weight is 377 g/mol. The van der Waals surface area contributed by atoms with Crippen molar-refractivity contribution in [3.63, 3.8) is 0 Å². The first-order chi connectivity index (χ1) is 11.7. The van der Waals surface area contributed by atoms with E-state index in [9.17, 15) is 4.79 Å². The van der Waals surface area contributed by atoms with Crippen molar-refractivity contribution >= 4 is 51.5 Å². The molecule has 0 saturated heterocycles. The average Bonchev–Trinajstić information content (AvgIpc) is 3.02. The van der Waals surface area contributed by atoms with Crippen molar-refractivity contribution in [3.05, 3.63) is 64.6 Å². The third-order valence-electron chi connectivity index (χ3n) is 2.89. The van der Waals surface area contributed by atoms with Gasteiger partial charge in [0.25, 0.3) is 0 Å². The number of nitrogens with zero attached hydrogens (tertiary/aromatic N) is 2. The number of carbonyl (C=O) groups excluding carboxylic acids is 1. The number of urea groups is 1. The molecule has 0 aliphatic heterocycles. The lowest BCUT2D eigenvalue weighted by Gasteiger charge is -2.03. The van der Waals surface area contributed by atoms with Gasteiger partial charge in [0, 0.05) is 15.6 Å². The SMILES string of the molecule is O=C(Nc1ccccc1)Nc1nnc(CSc2ccc(Cl)cc2)s1. The van der Waals surface area contributed by atoms with E-state index in [2.05, 4.69) is 20.8 Å². The number of rotatable bonds is 5. The van der Waals surface area contributed by atoms with Gasteiger partial charge in [-0.25, -0.2) is 4.79 Å². The smallest absolute Gasteiger partial charge is 0.308 e. The number of halogens is 1. The Hall–Kier alpha value is -2.09. The van der Waals surface area contributed by atoms with Gasteiger partial charge in [0.05, 0.1) is 5.75 Å². The number of benzene rings is 2. The summed E-state index contributed by atoms with van der Waals surface area (Å²) in [7, 11) is 0. The molecule has 3 aromatic rings. The highest BCUT2D eigenvalue weighted by molar-refractivity contribution is 7.98. The van der Waals surface area contributed by atoms with Gasteiger partial charge in [-0.15, -0.1) is 22.0 Å². The van der Waals surface area contributed by atoms with Crippen LogP contribution in [0.4, 0.5) is 15.6 Å². The van der Waals surface area contributed by atoms with Gasteiger partial charge >= 0.3 is 6.03 Å². The number of para-hydroxylation sites is 1. The quantitative estimate of drug-likeness (QED) is 0.606. The molecule has 2 aromatic carbocycles. The van der Waals surface area contributed by atoms with E-state index in [-0.39, 0.29) is 6.03 Å². The van der Waals surface area contributed by atoms with Crippen LogP contribution >= 0.6 is 34.7 Å². The highest BCUT2D eigenvalue weighted by Gasteiger charge is 2.08. The lowest BCUT2D eigenvalue weighted by molar-refractivity contribution is 0.262. The van der Waals surface area contributed by atoms with Crippen LogP contribution in [0, 0.1) is 0 Å². The van der Waals surface area contributed by atoms with Crippen molar-refractivity contribution in [2.24, 2.45) is 0 Å². The Bertz CT molecular complexity index is 808. The lowest BCUT2D eigenvalue weighted by atomic mass is 10.3. The van der Waals surface area contributed by atoms with Crippen LogP contribution in [0.2, 0.25) is 5.02 Å². The van der Waals surface area contributed by atoms with Crippen LogP contribution < -0.4 is 10.6 Å². The van der Waals surface area contributed by atoms with E-state index < -0.39 is 0 Å². The number of hydrogen-bond donors (Lipinski definition) is 2. The first kappa shape index (κ1) is 16.8. The van der Waals surface area contributed by atoms with Crippen molar-refractivity contribution < 1.29 is 4.79 Å². The second-order valence-electron chi connectivity index (χ2n) is 4.69. The first-order valence-electron chi connectivity index (χ1n) is 7.03. The van der Waals surface area contributed by atoms with Crippen LogP contribution in [0.1, 0.15) is 5.01 Å². The maximum absolute atomic E-state index is 11.9. The van der Waals surface area contributed by atoms with Crippen LogP contribution in [0.3, 0.4) is 0 Å². The first-order valence-corrected chi connectivity index (χ1v) is 9.21. The van der Waals surface area contributed by atoms with Crippen molar-refractivity contribution in [2.45, 2.75) is 10.6 Å². The van der Waals surface area contributed by atoms with Crippen LogP contribution in [-0.2, 0) is 5.75 Å². The summed E-state index contributed by atoms with van der Waals surface area (Å²) in [4.78, 5) is 13.0. The molecule has 1 heterocycles. The fraction of sp³-hybridized carbons (Fsp3) is 0.0625. The van der Waals surface area contributed by atoms with Gasteiger partial charge in [0.15, 0.2) is 0 Å². The largest absolute Gasteiger partial charge is 0.325 e. The number of carbonyl (C=O) groups is 1. The summed E-state index contributed by atoms with van der Waals surface area (Å²) in [6.07, 6.45) is 0. The summed E-state index contributed by atoms with van der Waals surface area (Å²) in [6.45, 7) is 0. The van der Waals surface area contributed by atoms with E-state index in [0.29, 0.717) is 15.9 Å². The number of thioether (sulfide) groups is 1. The van der Waals surface area contributed by atoms with Gasteiger partial charge in [0.1, 0.15) is 5.01 Å². The Kier molecular flexibility index (Phi) is 5.68. The fourth-order valence-electron chi connectivity index (χ4n) is 1.82. The molecule has 0 atom stereocenters. The molecule has 1 aromatic heterocycles. The topological polar surface area (TPSA) is 66.9 Å². The molecule has 24 heavy (non-hydrogen) atoms. The fourth-order valence-corrected chi connectivity index (χ4v) is 3.56. The molecule has 5 nitrogen and oxygen atoms in total. The molecular formula is C16H13ClN4OS2. The molecule has 0 fully saturated rings. The zero-order valence-electron chi connectivity index (χ0n) is 12.4. The highest BCUT2D eigenvalue weighted by atomic mass is 35.5. The zero-order chi connectivity index (χ0) is 16.8.